The van der Waals surface area contributed by atoms with Gasteiger partial charge in [-0.1, -0.05) is 59.3 Å². The summed E-state index contributed by atoms with van der Waals surface area (Å²) >= 11 is 3.41. The first-order valence-corrected chi connectivity index (χ1v) is 10.9. The number of nitrogens with one attached hydrogen (secondary N) is 1. The predicted octanol–water partition coefficient (Wildman–Crippen LogP) is 5.76. The van der Waals surface area contributed by atoms with E-state index in [4.69, 9.17) is 4.74 Å². The van der Waals surface area contributed by atoms with Crippen LogP contribution in [0, 0.1) is 0 Å². The molecule has 0 bridgehead atoms. The molecule has 0 aliphatic carbocycles. The lowest BCUT2D eigenvalue weighted by Gasteiger charge is -2.18. The molecular weight excluding hydrogens is 456 g/mol. The van der Waals surface area contributed by atoms with Crippen LogP contribution in [-0.4, -0.2) is 30.4 Å². The second kappa shape index (κ2) is 10.8. The fourth-order valence-corrected chi connectivity index (χ4v) is 3.46. The number of carbonyl (C=O) groups is 2. The largest absolute Gasteiger partial charge is 0.493 e. The Balaban J connectivity index is 1.74. The van der Waals surface area contributed by atoms with Crippen molar-refractivity contribution in [2.24, 2.45) is 0 Å². The molecular formula is C25H25BrN2O3. The third kappa shape index (κ3) is 6.18. The van der Waals surface area contributed by atoms with Crippen LogP contribution in [0.15, 0.2) is 77.3 Å². The summed E-state index contributed by atoms with van der Waals surface area (Å²) in [5.41, 5.74) is 2.54. The number of ether oxygens (including phenoxy) is 1. The summed E-state index contributed by atoms with van der Waals surface area (Å²) in [5, 5.41) is 2.88. The van der Waals surface area contributed by atoms with Crippen LogP contribution in [0.5, 0.6) is 5.75 Å². The van der Waals surface area contributed by atoms with Crippen LogP contribution in [0.4, 0.5) is 5.69 Å². The van der Waals surface area contributed by atoms with Gasteiger partial charge in [0.15, 0.2) is 0 Å². The minimum Gasteiger partial charge on any atom is -0.493 e. The number of nitrogens with zero attached hydrogens (tertiary/aromatic N) is 1. The maximum absolute atomic E-state index is 12.9. The lowest BCUT2D eigenvalue weighted by molar-refractivity contribution is 0.0784. The van der Waals surface area contributed by atoms with E-state index in [1.165, 1.54) is 0 Å². The van der Waals surface area contributed by atoms with Crippen molar-refractivity contribution in [3.63, 3.8) is 0 Å². The molecule has 0 aromatic heterocycles. The Morgan fingerprint density at radius 3 is 2.52 bits per heavy atom. The van der Waals surface area contributed by atoms with E-state index in [9.17, 15) is 9.59 Å². The van der Waals surface area contributed by atoms with Gasteiger partial charge in [-0.3, -0.25) is 9.59 Å². The zero-order valence-corrected chi connectivity index (χ0v) is 19.2. The second-order valence-corrected chi connectivity index (χ2v) is 8.09. The number of benzene rings is 3. The van der Waals surface area contributed by atoms with Crippen molar-refractivity contribution in [1.29, 1.82) is 0 Å². The topological polar surface area (TPSA) is 58.6 Å². The molecule has 0 aliphatic heterocycles. The molecule has 0 atom stereocenters. The van der Waals surface area contributed by atoms with E-state index in [0.717, 1.165) is 16.5 Å². The third-order valence-electron chi connectivity index (χ3n) is 4.62. The number of carbonyl (C=O) groups excluding carboxylic acids is 2. The van der Waals surface area contributed by atoms with Crippen LogP contribution in [0.2, 0.25) is 0 Å². The molecule has 160 valence electrons. The molecule has 0 heterocycles. The standard InChI is InChI=1S/C25H25BrN2O3/c1-3-14-31-23-13-12-20(26)16-22(23)24(29)27-21-11-7-10-19(15-21)25(30)28(2)17-18-8-5-4-6-9-18/h4-13,15-16H,3,14,17H2,1-2H3,(H,27,29). The van der Waals surface area contributed by atoms with E-state index in [-0.39, 0.29) is 11.8 Å². The summed E-state index contributed by atoms with van der Waals surface area (Å²) < 4.78 is 6.49. The minimum absolute atomic E-state index is 0.116. The first kappa shape index (κ1) is 22.6. The highest BCUT2D eigenvalue weighted by Gasteiger charge is 2.16. The van der Waals surface area contributed by atoms with E-state index >= 15 is 0 Å². The van der Waals surface area contributed by atoms with Crippen LogP contribution in [-0.2, 0) is 6.54 Å². The smallest absolute Gasteiger partial charge is 0.259 e. The molecule has 0 fully saturated rings. The zero-order valence-electron chi connectivity index (χ0n) is 17.6. The van der Waals surface area contributed by atoms with Gasteiger partial charge in [0.05, 0.1) is 12.2 Å². The lowest BCUT2D eigenvalue weighted by Crippen LogP contribution is -2.26. The van der Waals surface area contributed by atoms with Crippen molar-refractivity contribution in [3.05, 3.63) is 94.0 Å². The summed E-state index contributed by atoms with van der Waals surface area (Å²) in [6.45, 7) is 3.04. The lowest BCUT2D eigenvalue weighted by atomic mass is 10.1. The Hall–Kier alpha value is -3.12. The van der Waals surface area contributed by atoms with Crippen LogP contribution in [0.25, 0.3) is 0 Å². The Labute approximate surface area is 191 Å². The molecule has 3 aromatic carbocycles. The van der Waals surface area contributed by atoms with Gasteiger partial charge in [0.2, 0.25) is 0 Å². The molecule has 2 amide bonds. The Kier molecular flexibility index (Phi) is 7.84. The molecule has 0 unspecified atom stereocenters. The normalized spacial score (nSPS) is 10.4. The van der Waals surface area contributed by atoms with Gasteiger partial charge in [-0.05, 0) is 48.4 Å². The highest BCUT2D eigenvalue weighted by atomic mass is 79.9. The van der Waals surface area contributed by atoms with Gasteiger partial charge in [-0.25, -0.2) is 0 Å². The first-order chi connectivity index (χ1) is 15.0. The number of anilines is 1. The number of rotatable bonds is 8. The molecule has 0 spiro atoms. The molecule has 0 aliphatic rings. The highest BCUT2D eigenvalue weighted by molar-refractivity contribution is 9.10. The van der Waals surface area contributed by atoms with Gasteiger partial charge >= 0.3 is 0 Å². The molecule has 5 nitrogen and oxygen atoms in total. The fourth-order valence-electron chi connectivity index (χ4n) is 3.10. The summed E-state index contributed by atoms with van der Waals surface area (Å²) in [4.78, 5) is 27.4. The third-order valence-corrected chi connectivity index (χ3v) is 5.12. The van der Waals surface area contributed by atoms with Crippen LogP contribution in [0.1, 0.15) is 39.6 Å². The fraction of sp³-hybridized carbons (Fsp3) is 0.200. The average molecular weight is 481 g/mol. The molecule has 6 heteroatoms. The summed E-state index contributed by atoms with van der Waals surface area (Å²) in [7, 11) is 1.76. The minimum atomic E-state index is -0.297. The maximum atomic E-state index is 12.9. The predicted molar refractivity (Wildman–Crippen MR) is 127 cm³/mol. The number of halogens is 1. The molecule has 0 saturated carbocycles. The van der Waals surface area contributed by atoms with E-state index in [1.54, 1.807) is 48.3 Å². The van der Waals surface area contributed by atoms with Crippen molar-refractivity contribution >= 4 is 33.4 Å². The Morgan fingerprint density at radius 1 is 1.00 bits per heavy atom. The SMILES string of the molecule is CCCOc1ccc(Br)cc1C(=O)Nc1cccc(C(=O)N(C)Cc2ccccc2)c1. The summed E-state index contributed by atoms with van der Waals surface area (Å²) in [5.74, 6) is 0.112. The monoisotopic (exact) mass is 480 g/mol. The molecule has 31 heavy (non-hydrogen) atoms. The van der Waals surface area contributed by atoms with E-state index < -0.39 is 0 Å². The van der Waals surface area contributed by atoms with Crippen molar-refractivity contribution in [3.8, 4) is 5.75 Å². The summed E-state index contributed by atoms with van der Waals surface area (Å²) in [6, 6.07) is 22.1. The Morgan fingerprint density at radius 2 is 1.77 bits per heavy atom. The molecule has 1 N–H and O–H groups in total. The van der Waals surface area contributed by atoms with Gasteiger partial charge in [-0.15, -0.1) is 0 Å². The molecule has 0 saturated heterocycles. The zero-order chi connectivity index (χ0) is 22.2. The van der Waals surface area contributed by atoms with Gasteiger partial charge in [0.25, 0.3) is 11.8 Å². The molecule has 3 rings (SSSR count). The second-order valence-electron chi connectivity index (χ2n) is 7.17. The van der Waals surface area contributed by atoms with E-state index in [1.807, 2.05) is 43.3 Å². The number of amides is 2. The van der Waals surface area contributed by atoms with Crippen molar-refractivity contribution in [1.82, 2.24) is 4.90 Å². The summed E-state index contributed by atoms with van der Waals surface area (Å²) in [6.07, 6.45) is 0.845. The molecule has 0 radical (unpaired) electrons. The van der Waals surface area contributed by atoms with Crippen LogP contribution < -0.4 is 10.1 Å². The van der Waals surface area contributed by atoms with Gasteiger partial charge < -0.3 is 15.0 Å². The van der Waals surface area contributed by atoms with Gasteiger partial charge in [0.1, 0.15) is 5.75 Å². The Bertz CT molecular complexity index is 1050. The quantitative estimate of drug-likeness (QED) is 0.445. The van der Waals surface area contributed by atoms with E-state index in [2.05, 4.69) is 21.2 Å². The van der Waals surface area contributed by atoms with Crippen LogP contribution >= 0.6 is 15.9 Å². The van der Waals surface area contributed by atoms with Crippen molar-refractivity contribution in [2.45, 2.75) is 19.9 Å². The highest BCUT2D eigenvalue weighted by Crippen LogP contribution is 2.25. The average Bonchev–Trinajstić information content (AvgIpc) is 2.78. The van der Waals surface area contributed by atoms with Gasteiger partial charge in [0, 0.05) is 29.3 Å². The van der Waals surface area contributed by atoms with Crippen molar-refractivity contribution < 1.29 is 14.3 Å². The van der Waals surface area contributed by atoms with Crippen LogP contribution in [0.3, 0.4) is 0 Å². The number of hydrogen-bond acceptors (Lipinski definition) is 3. The molecule has 3 aromatic rings. The first-order valence-electron chi connectivity index (χ1n) is 10.1. The van der Waals surface area contributed by atoms with E-state index in [0.29, 0.717) is 35.7 Å². The van der Waals surface area contributed by atoms with Crippen molar-refractivity contribution in [2.75, 3.05) is 19.0 Å². The van der Waals surface area contributed by atoms with Gasteiger partial charge in [-0.2, -0.15) is 0 Å². The number of hydrogen-bond donors (Lipinski definition) is 1. The maximum Gasteiger partial charge on any atom is 0.259 e.